The molecule has 18 heavy (non-hydrogen) atoms. The van der Waals surface area contributed by atoms with Gasteiger partial charge in [-0.1, -0.05) is 5.16 Å². The average molecular weight is 331 g/mol. The zero-order valence-corrected chi connectivity index (χ0v) is 14.6. The first-order valence-electron chi connectivity index (χ1n) is 4.83. The number of rotatable bonds is 5. The van der Waals surface area contributed by atoms with Gasteiger partial charge in [-0.15, -0.1) is 11.8 Å². The topological polar surface area (TPSA) is 54.4 Å². The van der Waals surface area contributed by atoms with E-state index in [4.69, 9.17) is 21.2 Å². The van der Waals surface area contributed by atoms with Gasteiger partial charge in [-0.25, -0.2) is 9.10 Å². The van der Waals surface area contributed by atoms with Gasteiger partial charge in [0.05, 0.1) is 12.1 Å². The smallest absolute Gasteiger partial charge is 0.341 e. The minimum Gasteiger partial charge on any atom is -0.341 e. The molecule has 0 fully saturated rings. The Kier molecular flexibility index (Phi) is 8.49. The van der Waals surface area contributed by atoms with Crippen LogP contribution in [0.25, 0.3) is 0 Å². The number of thioether (sulfide) groups is 1. The number of nitrogens with zero attached hydrogens (tertiary/aromatic N) is 3. The normalized spacial score (nSPS) is 15.4. The molecular formula is C8H18N3O3PS3. The molecular weight excluding hydrogens is 313 g/mol. The van der Waals surface area contributed by atoms with Crippen LogP contribution < -0.4 is 0 Å². The van der Waals surface area contributed by atoms with Crippen molar-refractivity contribution < 1.29 is 14.2 Å². The molecule has 0 aromatic rings. The monoisotopic (exact) mass is 331 g/mol. The van der Waals surface area contributed by atoms with Gasteiger partial charge in [-0.2, -0.15) is 4.08 Å². The minimum atomic E-state index is -2.06. The summed E-state index contributed by atoms with van der Waals surface area (Å²) in [6.07, 6.45) is -0.773. The van der Waals surface area contributed by atoms with Crippen molar-refractivity contribution >= 4 is 53.3 Å². The van der Waals surface area contributed by atoms with Crippen molar-refractivity contribution in [1.82, 2.24) is 8.38 Å². The Morgan fingerprint density at radius 3 is 2.44 bits per heavy atom. The fourth-order valence-corrected chi connectivity index (χ4v) is 2.71. The van der Waals surface area contributed by atoms with Gasteiger partial charge in [0.1, 0.15) is 11.5 Å². The molecule has 0 radical (unpaired) electrons. The Morgan fingerprint density at radius 2 is 2.00 bits per heavy atom. The summed E-state index contributed by atoms with van der Waals surface area (Å²) in [5.41, 5.74) is 0. The van der Waals surface area contributed by atoms with Gasteiger partial charge in [-0.05, 0) is 25.0 Å². The quantitative estimate of drug-likeness (QED) is 0.192. The lowest BCUT2D eigenvalue weighted by atomic mass is 10.9. The number of hydrogen-bond acceptors (Lipinski definition) is 7. The molecule has 10 heteroatoms. The third-order valence-corrected chi connectivity index (χ3v) is 7.54. The average Bonchev–Trinajstić information content (AvgIpc) is 2.34. The first kappa shape index (κ1) is 18.2. The van der Waals surface area contributed by atoms with Gasteiger partial charge in [0.15, 0.2) is 0 Å². The van der Waals surface area contributed by atoms with E-state index in [0.29, 0.717) is 5.04 Å². The third-order valence-electron chi connectivity index (χ3n) is 1.90. The van der Waals surface area contributed by atoms with Gasteiger partial charge in [0.25, 0.3) is 0 Å². The first-order valence-corrected chi connectivity index (χ1v) is 9.91. The molecule has 1 unspecified atom stereocenters. The van der Waals surface area contributed by atoms with E-state index in [1.165, 1.54) is 16.1 Å². The Labute approximate surface area is 122 Å². The van der Waals surface area contributed by atoms with E-state index in [9.17, 15) is 4.79 Å². The molecule has 0 aromatic heterocycles. The molecule has 6 nitrogen and oxygen atoms in total. The van der Waals surface area contributed by atoms with Crippen molar-refractivity contribution in [3.8, 4) is 0 Å². The lowest BCUT2D eigenvalue weighted by Crippen LogP contribution is -2.24. The Hall–Kier alpha value is 0.210. The van der Waals surface area contributed by atoms with Gasteiger partial charge in [0.2, 0.25) is 0 Å². The second-order valence-electron chi connectivity index (χ2n) is 3.20. The van der Waals surface area contributed by atoms with Crippen LogP contribution in [0.2, 0.25) is 0 Å². The van der Waals surface area contributed by atoms with E-state index >= 15 is 0 Å². The molecule has 0 rings (SSSR count). The van der Waals surface area contributed by atoms with Crippen molar-refractivity contribution in [3.05, 3.63) is 0 Å². The van der Waals surface area contributed by atoms with Crippen LogP contribution >= 0.6 is 30.3 Å². The van der Waals surface area contributed by atoms with Crippen LogP contribution in [0, 0.1) is 0 Å². The predicted molar refractivity (Wildman–Crippen MR) is 83.4 cm³/mol. The van der Waals surface area contributed by atoms with Gasteiger partial charge >= 0.3 is 6.09 Å². The number of hydrogen-bond donors (Lipinski definition) is 0. The SMILES string of the molecule is COP(C)(=S)N(C)SN(C)C(=O)ON=C(C)SC. The molecule has 0 heterocycles. The molecule has 0 aliphatic heterocycles. The molecule has 1 amide bonds. The molecule has 0 aliphatic carbocycles. The van der Waals surface area contributed by atoms with Crippen molar-refractivity contribution in [1.29, 1.82) is 0 Å². The Morgan fingerprint density at radius 1 is 1.44 bits per heavy atom. The van der Waals surface area contributed by atoms with Crippen LogP contribution in [0.1, 0.15) is 6.92 Å². The summed E-state index contributed by atoms with van der Waals surface area (Å²) in [6, 6.07) is 0. The fourth-order valence-electron chi connectivity index (χ4n) is 0.590. The van der Waals surface area contributed by atoms with E-state index < -0.39 is 12.5 Å². The first-order chi connectivity index (χ1) is 8.24. The zero-order valence-electron chi connectivity index (χ0n) is 11.2. The second kappa shape index (κ2) is 8.39. The highest BCUT2D eigenvalue weighted by Crippen LogP contribution is 2.49. The maximum absolute atomic E-state index is 11.6. The van der Waals surface area contributed by atoms with E-state index in [1.807, 2.05) is 12.9 Å². The van der Waals surface area contributed by atoms with Crippen LogP contribution in [0.5, 0.6) is 0 Å². The highest BCUT2D eigenvalue weighted by molar-refractivity contribution is 8.16. The summed E-state index contributed by atoms with van der Waals surface area (Å²) in [6.45, 7) is 3.58. The Balaban J connectivity index is 4.37. The molecule has 106 valence electrons. The number of carbonyl (C=O) groups excluding carboxylic acids is 1. The van der Waals surface area contributed by atoms with Crippen molar-refractivity contribution in [2.45, 2.75) is 6.92 Å². The van der Waals surface area contributed by atoms with Crippen LogP contribution in [-0.2, 0) is 21.2 Å². The zero-order chi connectivity index (χ0) is 14.3. The van der Waals surface area contributed by atoms with Crippen molar-refractivity contribution in [2.24, 2.45) is 5.16 Å². The van der Waals surface area contributed by atoms with Crippen LogP contribution in [0.3, 0.4) is 0 Å². The van der Waals surface area contributed by atoms with Crippen LogP contribution in [0.15, 0.2) is 5.16 Å². The van der Waals surface area contributed by atoms with Crippen molar-refractivity contribution in [2.75, 3.05) is 34.1 Å². The van der Waals surface area contributed by atoms with Gasteiger partial charge in [0, 0.05) is 27.9 Å². The van der Waals surface area contributed by atoms with Gasteiger partial charge < -0.3 is 4.52 Å². The third kappa shape index (κ3) is 6.40. The summed E-state index contributed by atoms with van der Waals surface area (Å²) in [5.74, 6) is 0. The van der Waals surface area contributed by atoms with E-state index in [1.54, 1.807) is 32.2 Å². The van der Waals surface area contributed by atoms with E-state index in [0.717, 1.165) is 12.1 Å². The van der Waals surface area contributed by atoms with E-state index in [-0.39, 0.29) is 0 Å². The van der Waals surface area contributed by atoms with E-state index in [2.05, 4.69) is 5.16 Å². The Bertz CT molecular complexity index is 367. The van der Waals surface area contributed by atoms with Crippen LogP contribution in [0.4, 0.5) is 4.79 Å². The molecule has 0 N–H and O–H groups in total. The summed E-state index contributed by atoms with van der Waals surface area (Å²) >= 11 is 7.82. The predicted octanol–water partition coefficient (Wildman–Crippen LogP) is 2.83. The minimum absolute atomic E-state index is 0.564. The fraction of sp³-hybridized carbons (Fsp3) is 0.750. The molecule has 0 saturated heterocycles. The summed E-state index contributed by atoms with van der Waals surface area (Å²) in [5, 5.41) is 4.34. The highest BCUT2D eigenvalue weighted by atomic mass is 32.5. The lowest BCUT2D eigenvalue weighted by molar-refractivity contribution is 0.137. The number of amides is 1. The summed E-state index contributed by atoms with van der Waals surface area (Å²) < 4.78 is 8.25. The van der Waals surface area contributed by atoms with Crippen LogP contribution in [-0.4, -0.2) is 53.6 Å². The summed E-state index contributed by atoms with van der Waals surface area (Å²) in [4.78, 5) is 16.3. The molecule has 0 aromatic carbocycles. The van der Waals surface area contributed by atoms with Crippen molar-refractivity contribution in [3.63, 3.8) is 0 Å². The lowest BCUT2D eigenvalue weighted by Gasteiger charge is -2.27. The highest BCUT2D eigenvalue weighted by Gasteiger charge is 2.22. The molecule has 0 spiro atoms. The molecule has 1 atom stereocenters. The largest absolute Gasteiger partial charge is 0.446 e. The number of oxime groups is 1. The summed E-state index contributed by atoms with van der Waals surface area (Å²) in [7, 11) is 4.91. The molecule has 0 bridgehead atoms. The molecule has 0 saturated carbocycles. The number of carbonyl (C=O) groups is 1. The maximum atomic E-state index is 11.6. The second-order valence-corrected chi connectivity index (χ2v) is 10.3. The molecule has 0 aliphatic rings. The van der Waals surface area contributed by atoms with Gasteiger partial charge in [-0.3, -0.25) is 4.84 Å². The maximum Gasteiger partial charge on any atom is 0.446 e. The standard InChI is InChI=1S/C8H18N3O3PS3/c1-7(17-6)9-14-8(12)10(2)18-11(3)15(5,16)13-4/h1-6H3.